The Balaban J connectivity index is 1.79. The number of amides is 1. The van der Waals surface area contributed by atoms with Gasteiger partial charge in [0, 0.05) is 5.92 Å². The Morgan fingerprint density at radius 1 is 1.25 bits per heavy atom. The third-order valence-corrected chi connectivity index (χ3v) is 5.70. The molecule has 2 aromatic rings. The predicted octanol–water partition coefficient (Wildman–Crippen LogP) is 3.66. The van der Waals surface area contributed by atoms with Crippen LogP contribution in [-0.4, -0.2) is 22.0 Å². The Bertz CT molecular complexity index is 736. The molecule has 1 atom stereocenters. The number of carboxylic acid groups (broad SMARTS) is 1. The van der Waals surface area contributed by atoms with Crippen LogP contribution in [0.1, 0.15) is 63.6 Å². The summed E-state index contributed by atoms with van der Waals surface area (Å²) in [7, 11) is 0. The van der Waals surface area contributed by atoms with Gasteiger partial charge >= 0.3 is 5.97 Å². The van der Waals surface area contributed by atoms with Gasteiger partial charge in [0.15, 0.2) is 6.04 Å². The molecule has 1 amide bonds. The second-order valence-electron chi connectivity index (χ2n) is 6.10. The number of carboxylic acids is 1. The van der Waals surface area contributed by atoms with E-state index >= 15 is 0 Å². The zero-order chi connectivity index (χ0) is 17.1. The summed E-state index contributed by atoms with van der Waals surface area (Å²) in [6.45, 7) is 1.81. The zero-order valence-corrected chi connectivity index (χ0v) is 14.3. The SMILES string of the molecule is Cc1nc(C2CCCC2)sc1C(=O)N[C@@H](C(=O)O)c1ccccc1. The van der Waals surface area contributed by atoms with E-state index in [1.807, 2.05) is 13.0 Å². The van der Waals surface area contributed by atoms with Crippen LogP contribution in [0.5, 0.6) is 0 Å². The number of rotatable bonds is 5. The maximum atomic E-state index is 12.6. The molecule has 1 heterocycles. The Morgan fingerprint density at radius 3 is 2.54 bits per heavy atom. The molecule has 1 saturated carbocycles. The Kier molecular flexibility index (Phi) is 4.94. The lowest BCUT2D eigenvalue weighted by Gasteiger charge is -2.14. The lowest BCUT2D eigenvalue weighted by Crippen LogP contribution is -2.33. The van der Waals surface area contributed by atoms with Crippen LogP contribution in [0.4, 0.5) is 0 Å². The monoisotopic (exact) mass is 344 g/mol. The first kappa shape index (κ1) is 16.6. The number of thiazole rings is 1. The molecule has 1 fully saturated rings. The van der Waals surface area contributed by atoms with Crippen LogP contribution >= 0.6 is 11.3 Å². The van der Waals surface area contributed by atoms with E-state index in [4.69, 9.17) is 0 Å². The molecule has 0 unspecified atom stereocenters. The summed E-state index contributed by atoms with van der Waals surface area (Å²) in [5.41, 5.74) is 1.23. The van der Waals surface area contributed by atoms with Gasteiger partial charge in [0.05, 0.1) is 10.7 Å². The van der Waals surface area contributed by atoms with E-state index in [0.29, 0.717) is 22.1 Å². The minimum atomic E-state index is -1.08. The first-order valence-corrected chi connectivity index (χ1v) is 8.94. The van der Waals surface area contributed by atoms with Crippen molar-refractivity contribution < 1.29 is 14.7 Å². The highest BCUT2D eigenvalue weighted by Gasteiger charge is 2.27. The number of aliphatic carboxylic acids is 1. The molecule has 1 aromatic heterocycles. The topological polar surface area (TPSA) is 79.3 Å². The summed E-state index contributed by atoms with van der Waals surface area (Å²) in [5.74, 6) is -1.00. The van der Waals surface area contributed by atoms with Crippen LogP contribution in [0.15, 0.2) is 30.3 Å². The fourth-order valence-corrected chi connectivity index (χ4v) is 4.24. The van der Waals surface area contributed by atoms with E-state index < -0.39 is 12.0 Å². The maximum Gasteiger partial charge on any atom is 0.330 e. The molecule has 126 valence electrons. The Hall–Kier alpha value is -2.21. The second kappa shape index (κ2) is 7.13. The minimum absolute atomic E-state index is 0.370. The smallest absolute Gasteiger partial charge is 0.330 e. The van der Waals surface area contributed by atoms with Gasteiger partial charge in [0.25, 0.3) is 5.91 Å². The van der Waals surface area contributed by atoms with Crippen molar-refractivity contribution >= 4 is 23.2 Å². The largest absolute Gasteiger partial charge is 0.479 e. The van der Waals surface area contributed by atoms with Crippen molar-refractivity contribution in [3.8, 4) is 0 Å². The summed E-state index contributed by atoms with van der Waals surface area (Å²) in [6.07, 6.45) is 4.66. The van der Waals surface area contributed by atoms with Crippen LogP contribution in [-0.2, 0) is 4.79 Å². The molecule has 5 nitrogen and oxygen atoms in total. The van der Waals surface area contributed by atoms with Gasteiger partial charge in [0.1, 0.15) is 4.88 Å². The Labute approximate surface area is 144 Å². The van der Waals surface area contributed by atoms with E-state index in [0.717, 1.165) is 17.8 Å². The van der Waals surface area contributed by atoms with Crippen LogP contribution < -0.4 is 5.32 Å². The van der Waals surface area contributed by atoms with Crippen molar-refractivity contribution in [3.63, 3.8) is 0 Å². The van der Waals surface area contributed by atoms with Crippen molar-refractivity contribution in [3.05, 3.63) is 51.5 Å². The van der Waals surface area contributed by atoms with Crippen LogP contribution in [0, 0.1) is 6.92 Å². The first-order valence-electron chi connectivity index (χ1n) is 8.12. The van der Waals surface area contributed by atoms with E-state index in [9.17, 15) is 14.7 Å². The summed E-state index contributed by atoms with van der Waals surface area (Å²) in [4.78, 5) is 29.2. The molecule has 0 aliphatic heterocycles. The molecule has 6 heteroatoms. The van der Waals surface area contributed by atoms with Crippen LogP contribution in [0.25, 0.3) is 0 Å². The highest BCUT2D eigenvalue weighted by Crippen LogP contribution is 2.37. The zero-order valence-electron chi connectivity index (χ0n) is 13.5. The molecule has 24 heavy (non-hydrogen) atoms. The van der Waals surface area contributed by atoms with Crippen LogP contribution in [0.3, 0.4) is 0 Å². The highest BCUT2D eigenvalue weighted by molar-refractivity contribution is 7.13. The first-order chi connectivity index (χ1) is 11.6. The number of carbonyl (C=O) groups excluding carboxylic acids is 1. The number of hydrogen-bond donors (Lipinski definition) is 2. The van der Waals surface area contributed by atoms with E-state index in [1.54, 1.807) is 24.3 Å². The lowest BCUT2D eigenvalue weighted by atomic mass is 10.1. The number of hydrogen-bond acceptors (Lipinski definition) is 4. The van der Waals surface area contributed by atoms with Gasteiger partial charge in [-0.15, -0.1) is 11.3 Å². The van der Waals surface area contributed by atoms with Gasteiger partial charge < -0.3 is 10.4 Å². The number of nitrogens with one attached hydrogen (secondary N) is 1. The highest BCUT2D eigenvalue weighted by atomic mass is 32.1. The summed E-state index contributed by atoms with van der Waals surface area (Å²) < 4.78 is 0. The second-order valence-corrected chi connectivity index (χ2v) is 7.13. The van der Waals surface area contributed by atoms with Gasteiger partial charge in [-0.3, -0.25) is 4.79 Å². The number of aromatic nitrogens is 1. The average Bonchev–Trinajstić information content (AvgIpc) is 3.22. The van der Waals surface area contributed by atoms with Crippen molar-refractivity contribution in [1.29, 1.82) is 0 Å². The van der Waals surface area contributed by atoms with Crippen LogP contribution in [0.2, 0.25) is 0 Å². The van der Waals surface area contributed by atoms with Gasteiger partial charge in [0.2, 0.25) is 0 Å². The Morgan fingerprint density at radius 2 is 1.92 bits per heavy atom. The normalized spacial score (nSPS) is 16.0. The predicted molar refractivity (Wildman–Crippen MR) is 92.3 cm³/mol. The number of nitrogens with zero attached hydrogens (tertiary/aromatic N) is 1. The number of aryl methyl sites for hydroxylation is 1. The summed E-state index contributed by atoms with van der Waals surface area (Å²) in [5, 5.41) is 13.1. The molecule has 1 aliphatic rings. The molecule has 1 aromatic carbocycles. The standard InChI is InChI=1S/C18H20N2O3S/c1-11-15(24-17(19-11)13-9-5-6-10-13)16(21)20-14(18(22)23)12-7-3-2-4-8-12/h2-4,7-8,13-14H,5-6,9-10H2,1H3,(H,20,21)(H,22,23)/t14-/m1/s1. The average molecular weight is 344 g/mol. The quantitative estimate of drug-likeness (QED) is 0.867. The van der Waals surface area contributed by atoms with Crippen molar-refractivity contribution in [2.24, 2.45) is 0 Å². The third kappa shape index (κ3) is 3.48. The van der Waals surface area contributed by atoms with E-state index in [-0.39, 0.29) is 5.91 Å². The molecule has 2 N–H and O–H groups in total. The molecule has 3 rings (SSSR count). The maximum absolute atomic E-state index is 12.6. The summed E-state index contributed by atoms with van der Waals surface area (Å²) >= 11 is 1.40. The van der Waals surface area contributed by atoms with E-state index in [2.05, 4.69) is 10.3 Å². The molecular formula is C18H20N2O3S. The van der Waals surface area contributed by atoms with Crippen molar-refractivity contribution in [1.82, 2.24) is 10.3 Å². The van der Waals surface area contributed by atoms with E-state index in [1.165, 1.54) is 24.2 Å². The molecular weight excluding hydrogens is 324 g/mol. The van der Waals surface area contributed by atoms with Gasteiger partial charge in [-0.25, -0.2) is 9.78 Å². The fraction of sp³-hybridized carbons (Fsp3) is 0.389. The lowest BCUT2D eigenvalue weighted by molar-refractivity contribution is -0.139. The molecule has 0 saturated heterocycles. The third-order valence-electron chi connectivity index (χ3n) is 4.38. The van der Waals surface area contributed by atoms with Gasteiger partial charge in [-0.05, 0) is 25.3 Å². The van der Waals surface area contributed by atoms with Gasteiger partial charge in [-0.1, -0.05) is 43.2 Å². The molecule has 0 bridgehead atoms. The molecule has 0 radical (unpaired) electrons. The molecule has 1 aliphatic carbocycles. The number of benzene rings is 1. The summed E-state index contributed by atoms with van der Waals surface area (Å²) in [6, 6.07) is 7.66. The van der Waals surface area contributed by atoms with Gasteiger partial charge in [-0.2, -0.15) is 0 Å². The molecule has 0 spiro atoms. The number of carbonyl (C=O) groups is 2. The fourth-order valence-electron chi connectivity index (χ4n) is 3.11. The van der Waals surface area contributed by atoms with Crippen molar-refractivity contribution in [2.75, 3.05) is 0 Å². The minimum Gasteiger partial charge on any atom is -0.479 e. The van der Waals surface area contributed by atoms with Crippen molar-refractivity contribution in [2.45, 2.75) is 44.6 Å².